The molecule has 2 aliphatic rings. The van der Waals surface area contributed by atoms with Crippen LogP contribution in [0.4, 0.5) is 5.69 Å². The van der Waals surface area contributed by atoms with Gasteiger partial charge >= 0.3 is 0 Å². The highest BCUT2D eigenvalue weighted by Crippen LogP contribution is 2.26. The number of anilines is 1. The molecule has 0 spiro atoms. The maximum atomic E-state index is 13.2. The molecule has 2 N–H and O–H groups in total. The second-order valence-electron chi connectivity index (χ2n) is 6.76. The summed E-state index contributed by atoms with van der Waals surface area (Å²) in [5.74, 6) is 0.107. The molecule has 2 aromatic rings. The fourth-order valence-corrected chi connectivity index (χ4v) is 3.66. The number of piperazine rings is 1. The maximum absolute atomic E-state index is 13.2. The summed E-state index contributed by atoms with van der Waals surface area (Å²) in [5, 5.41) is 11.1. The van der Waals surface area contributed by atoms with Crippen molar-refractivity contribution < 1.29 is 14.3 Å². The van der Waals surface area contributed by atoms with Gasteiger partial charge in [-0.1, -0.05) is 0 Å². The minimum atomic E-state index is -0.557. The van der Waals surface area contributed by atoms with Crippen LogP contribution in [0.2, 0.25) is 0 Å². The Hall–Kier alpha value is -3.05. The molecule has 3 atom stereocenters. The highest BCUT2D eigenvalue weighted by atomic mass is 16.5. The molecule has 1 aromatic carbocycles. The number of hydrogen-bond donors (Lipinski definition) is 2. The van der Waals surface area contributed by atoms with Crippen molar-refractivity contribution in [3.63, 3.8) is 0 Å². The number of hydrazine groups is 1. The van der Waals surface area contributed by atoms with Gasteiger partial charge in [0, 0.05) is 25.3 Å². The highest BCUT2D eigenvalue weighted by molar-refractivity contribution is 6.00. The number of amides is 2. The average Bonchev–Trinajstić information content (AvgIpc) is 3.41. The first-order valence-corrected chi connectivity index (χ1v) is 9.07. The first kappa shape index (κ1) is 18.3. The maximum Gasteiger partial charge on any atom is 0.249 e. The van der Waals surface area contributed by atoms with Crippen molar-refractivity contribution in [2.75, 3.05) is 31.6 Å². The molecular formula is C17H22N8O3. The number of hydrogen-bond acceptors (Lipinski definition) is 8. The number of nitrogens with zero attached hydrogens (tertiary/aromatic N) is 6. The van der Waals surface area contributed by atoms with E-state index in [9.17, 15) is 9.59 Å². The van der Waals surface area contributed by atoms with Crippen molar-refractivity contribution in [3.05, 3.63) is 30.6 Å². The molecule has 0 radical (unpaired) electrons. The lowest BCUT2D eigenvalue weighted by atomic mass is 10.0. The monoisotopic (exact) mass is 386 g/mol. The van der Waals surface area contributed by atoms with Gasteiger partial charge in [0.05, 0.1) is 13.0 Å². The molecule has 28 heavy (non-hydrogen) atoms. The summed E-state index contributed by atoms with van der Waals surface area (Å²) in [6.45, 7) is 3.09. The number of ether oxygens (including phenoxy) is 1. The van der Waals surface area contributed by atoms with Crippen molar-refractivity contribution in [2.45, 2.75) is 19.1 Å². The van der Waals surface area contributed by atoms with E-state index in [2.05, 4.69) is 26.4 Å². The van der Waals surface area contributed by atoms with E-state index in [0.29, 0.717) is 19.6 Å². The fourth-order valence-electron chi connectivity index (χ4n) is 3.66. The van der Waals surface area contributed by atoms with Crippen LogP contribution in [0.5, 0.6) is 5.75 Å². The Bertz CT molecular complexity index is 841. The van der Waals surface area contributed by atoms with Crippen LogP contribution in [0, 0.1) is 5.92 Å². The topological polar surface area (TPSA) is 118 Å². The zero-order valence-corrected chi connectivity index (χ0v) is 15.6. The Kier molecular flexibility index (Phi) is 4.92. The van der Waals surface area contributed by atoms with Crippen LogP contribution in [0.1, 0.15) is 13.1 Å². The number of carbonyl (C=O) groups is 2. The van der Waals surface area contributed by atoms with E-state index in [1.54, 1.807) is 23.8 Å². The van der Waals surface area contributed by atoms with Gasteiger partial charge in [-0.05, 0) is 41.6 Å². The van der Waals surface area contributed by atoms with Gasteiger partial charge in [0.15, 0.2) is 0 Å². The fraction of sp³-hybridized carbons (Fsp3) is 0.471. The van der Waals surface area contributed by atoms with Gasteiger partial charge < -0.3 is 14.5 Å². The number of tetrazole rings is 1. The molecule has 1 aromatic heterocycles. The summed E-state index contributed by atoms with van der Waals surface area (Å²) >= 11 is 0. The molecule has 2 amide bonds. The van der Waals surface area contributed by atoms with Crippen LogP contribution < -0.4 is 20.5 Å². The number of aromatic nitrogens is 4. The highest BCUT2D eigenvalue weighted by Gasteiger charge is 2.42. The Morgan fingerprint density at radius 1 is 1.25 bits per heavy atom. The van der Waals surface area contributed by atoms with Crippen LogP contribution in [-0.2, 0) is 9.59 Å². The Labute approximate surface area is 161 Å². The van der Waals surface area contributed by atoms with E-state index in [-0.39, 0.29) is 11.8 Å². The van der Waals surface area contributed by atoms with Crippen molar-refractivity contribution >= 4 is 17.5 Å². The van der Waals surface area contributed by atoms with Crippen LogP contribution in [0.3, 0.4) is 0 Å². The van der Waals surface area contributed by atoms with E-state index in [1.807, 2.05) is 24.3 Å². The lowest BCUT2D eigenvalue weighted by Crippen LogP contribution is -2.59. The first-order chi connectivity index (χ1) is 13.6. The van der Waals surface area contributed by atoms with Crippen molar-refractivity contribution in [1.82, 2.24) is 36.0 Å². The van der Waals surface area contributed by atoms with Gasteiger partial charge in [0.1, 0.15) is 24.3 Å². The number of rotatable bonds is 4. The predicted octanol–water partition coefficient (Wildman–Crippen LogP) is -0.832. The molecule has 2 aliphatic heterocycles. The van der Waals surface area contributed by atoms with Crippen LogP contribution in [0.25, 0.3) is 0 Å². The van der Waals surface area contributed by atoms with Gasteiger partial charge in [-0.3, -0.25) is 15.0 Å². The largest absolute Gasteiger partial charge is 0.497 e. The minimum Gasteiger partial charge on any atom is -0.497 e. The molecule has 0 bridgehead atoms. The van der Waals surface area contributed by atoms with Gasteiger partial charge in [-0.2, -0.15) is 0 Å². The normalized spacial score (nSPS) is 25.2. The smallest absolute Gasteiger partial charge is 0.249 e. The van der Waals surface area contributed by atoms with Crippen LogP contribution in [0.15, 0.2) is 30.6 Å². The summed E-state index contributed by atoms with van der Waals surface area (Å²) in [5.41, 5.74) is 6.79. The third kappa shape index (κ3) is 3.18. The van der Waals surface area contributed by atoms with Gasteiger partial charge in [0.2, 0.25) is 11.8 Å². The second kappa shape index (κ2) is 7.52. The Morgan fingerprint density at radius 3 is 2.71 bits per heavy atom. The molecule has 3 unspecified atom stereocenters. The molecular weight excluding hydrogens is 364 g/mol. The summed E-state index contributed by atoms with van der Waals surface area (Å²) in [6, 6.07) is 6.77. The standard InChI is InChI=1S/C17H22N8O3/c1-11-16(26)24(12-3-5-13(28-2)6-4-12)8-7-23(11)17(27)14-9-18-20-15(14)25-10-19-21-22-25/h3-6,10-11,14-15,18,20H,7-9H2,1-2H3. The lowest BCUT2D eigenvalue weighted by Gasteiger charge is -2.40. The lowest BCUT2D eigenvalue weighted by molar-refractivity contribution is -0.144. The molecule has 11 heteroatoms. The quantitative estimate of drug-likeness (QED) is 0.699. The van der Waals surface area contributed by atoms with Gasteiger partial charge in [-0.15, -0.1) is 5.10 Å². The molecule has 2 fully saturated rings. The Balaban J connectivity index is 1.48. The first-order valence-electron chi connectivity index (χ1n) is 9.07. The molecule has 4 rings (SSSR count). The molecule has 3 heterocycles. The second-order valence-corrected chi connectivity index (χ2v) is 6.76. The summed E-state index contributed by atoms with van der Waals surface area (Å²) in [4.78, 5) is 29.5. The number of methoxy groups -OCH3 is 1. The number of nitrogens with one attached hydrogen (secondary N) is 2. The molecule has 148 valence electrons. The van der Waals surface area contributed by atoms with E-state index >= 15 is 0 Å². The zero-order chi connectivity index (χ0) is 19.7. The zero-order valence-electron chi connectivity index (χ0n) is 15.6. The summed E-state index contributed by atoms with van der Waals surface area (Å²) < 4.78 is 6.67. The number of benzene rings is 1. The third-order valence-electron chi connectivity index (χ3n) is 5.24. The molecule has 0 aliphatic carbocycles. The SMILES string of the molecule is COc1ccc(N2CCN(C(=O)C3CNNC3n3cnnn3)C(C)C2=O)cc1. The average molecular weight is 386 g/mol. The van der Waals surface area contributed by atoms with E-state index < -0.39 is 18.1 Å². The molecule has 2 saturated heterocycles. The van der Waals surface area contributed by atoms with E-state index in [0.717, 1.165) is 11.4 Å². The number of carbonyl (C=O) groups excluding carboxylic acids is 2. The van der Waals surface area contributed by atoms with Crippen molar-refractivity contribution in [1.29, 1.82) is 0 Å². The Morgan fingerprint density at radius 2 is 2.04 bits per heavy atom. The van der Waals surface area contributed by atoms with Crippen molar-refractivity contribution in [3.8, 4) is 5.75 Å². The van der Waals surface area contributed by atoms with Crippen LogP contribution >= 0.6 is 0 Å². The third-order valence-corrected chi connectivity index (χ3v) is 5.24. The minimum absolute atomic E-state index is 0.103. The predicted molar refractivity (Wildman–Crippen MR) is 98.0 cm³/mol. The van der Waals surface area contributed by atoms with Crippen molar-refractivity contribution in [2.24, 2.45) is 5.92 Å². The van der Waals surface area contributed by atoms with E-state index in [1.165, 1.54) is 11.0 Å². The molecule has 0 saturated carbocycles. The van der Waals surface area contributed by atoms with Crippen LogP contribution in [-0.4, -0.2) is 69.7 Å². The van der Waals surface area contributed by atoms with Gasteiger partial charge in [0.25, 0.3) is 0 Å². The van der Waals surface area contributed by atoms with E-state index in [4.69, 9.17) is 4.74 Å². The summed E-state index contributed by atoms with van der Waals surface area (Å²) in [7, 11) is 1.60. The molecule has 11 nitrogen and oxygen atoms in total. The summed E-state index contributed by atoms with van der Waals surface area (Å²) in [6.07, 6.45) is 1.06. The van der Waals surface area contributed by atoms with Gasteiger partial charge in [-0.25, -0.2) is 10.1 Å².